The van der Waals surface area contributed by atoms with Crippen LogP contribution >= 0.6 is 0 Å². The topological polar surface area (TPSA) is 55.8 Å². The molecule has 1 unspecified atom stereocenters. The first kappa shape index (κ1) is 19.0. The zero-order valence-electron chi connectivity index (χ0n) is 16.0. The second-order valence-electron chi connectivity index (χ2n) is 6.99. The van der Waals surface area contributed by atoms with E-state index in [1.54, 1.807) is 0 Å². The monoisotopic (exact) mass is 386 g/mol. The SMILES string of the molecule is C=CC(=O)OCC(O)COc1ccc(-c2cccc3c2Cc2ccccc2-3)cc1. The molecule has 0 aromatic heterocycles. The molecular weight excluding hydrogens is 364 g/mol. The van der Waals surface area contributed by atoms with Crippen LogP contribution in [0.1, 0.15) is 11.1 Å². The number of aliphatic hydroxyl groups excluding tert-OH is 1. The molecule has 0 bridgehead atoms. The van der Waals surface area contributed by atoms with Gasteiger partial charge in [-0.25, -0.2) is 4.79 Å². The lowest BCUT2D eigenvalue weighted by atomic mass is 9.96. The predicted molar refractivity (Wildman–Crippen MR) is 113 cm³/mol. The molecule has 1 aliphatic rings. The van der Waals surface area contributed by atoms with Crippen molar-refractivity contribution in [2.24, 2.45) is 0 Å². The Morgan fingerprint density at radius 3 is 2.48 bits per heavy atom. The number of ether oxygens (including phenoxy) is 2. The molecule has 146 valence electrons. The van der Waals surface area contributed by atoms with E-state index in [1.807, 2.05) is 24.3 Å². The number of rotatable bonds is 7. The molecule has 0 heterocycles. The molecule has 0 spiro atoms. The minimum atomic E-state index is -0.894. The number of hydrogen-bond donors (Lipinski definition) is 1. The highest BCUT2D eigenvalue weighted by atomic mass is 16.5. The quantitative estimate of drug-likeness (QED) is 0.378. The van der Waals surface area contributed by atoms with Crippen molar-refractivity contribution in [1.82, 2.24) is 0 Å². The van der Waals surface area contributed by atoms with Crippen LogP contribution in [0.4, 0.5) is 0 Å². The minimum absolute atomic E-state index is 0.0415. The number of carbonyl (C=O) groups is 1. The van der Waals surface area contributed by atoms with E-state index < -0.39 is 12.1 Å². The molecular formula is C25H22O4. The van der Waals surface area contributed by atoms with Gasteiger partial charge in [0.1, 0.15) is 25.1 Å². The number of benzene rings is 3. The van der Waals surface area contributed by atoms with Gasteiger partial charge in [0, 0.05) is 6.08 Å². The molecule has 1 atom stereocenters. The van der Waals surface area contributed by atoms with Crippen molar-refractivity contribution in [3.05, 3.63) is 90.5 Å². The smallest absolute Gasteiger partial charge is 0.330 e. The zero-order chi connectivity index (χ0) is 20.2. The van der Waals surface area contributed by atoms with Gasteiger partial charge < -0.3 is 14.6 Å². The molecule has 3 aromatic rings. The van der Waals surface area contributed by atoms with Crippen LogP contribution in [0.25, 0.3) is 22.3 Å². The van der Waals surface area contributed by atoms with E-state index in [9.17, 15) is 9.90 Å². The highest BCUT2D eigenvalue weighted by molar-refractivity contribution is 5.84. The first-order valence-electron chi connectivity index (χ1n) is 9.56. The Morgan fingerprint density at radius 1 is 0.966 bits per heavy atom. The highest BCUT2D eigenvalue weighted by Crippen LogP contribution is 2.41. The molecule has 1 aliphatic carbocycles. The second kappa shape index (κ2) is 8.33. The molecule has 0 fully saturated rings. The van der Waals surface area contributed by atoms with Crippen LogP contribution in [0.5, 0.6) is 5.75 Å². The van der Waals surface area contributed by atoms with Gasteiger partial charge in [-0.3, -0.25) is 0 Å². The van der Waals surface area contributed by atoms with Gasteiger partial charge in [-0.1, -0.05) is 61.2 Å². The third-order valence-electron chi connectivity index (χ3n) is 5.04. The maximum atomic E-state index is 11.0. The van der Waals surface area contributed by atoms with E-state index >= 15 is 0 Å². The van der Waals surface area contributed by atoms with Crippen molar-refractivity contribution in [2.75, 3.05) is 13.2 Å². The van der Waals surface area contributed by atoms with Gasteiger partial charge in [-0.2, -0.15) is 0 Å². The maximum absolute atomic E-state index is 11.0. The van der Waals surface area contributed by atoms with Crippen molar-refractivity contribution >= 4 is 5.97 Å². The molecule has 4 heteroatoms. The summed E-state index contributed by atoms with van der Waals surface area (Å²) in [5.41, 5.74) is 7.68. The number of hydrogen-bond acceptors (Lipinski definition) is 4. The van der Waals surface area contributed by atoms with Crippen molar-refractivity contribution in [1.29, 1.82) is 0 Å². The Labute approximate surface area is 170 Å². The first-order valence-corrected chi connectivity index (χ1v) is 9.56. The van der Waals surface area contributed by atoms with Crippen LogP contribution in [0.2, 0.25) is 0 Å². The molecule has 3 aromatic carbocycles. The van der Waals surface area contributed by atoms with E-state index in [2.05, 4.69) is 49.0 Å². The molecule has 0 radical (unpaired) electrons. The summed E-state index contributed by atoms with van der Waals surface area (Å²) in [5.74, 6) is 0.0876. The van der Waals surface area contributed by atoms with Crippen LogP contribution in [0.3, 0.4) is 0 Å². The van der Waals surface area contributed by atoms with E-state index in [0.717, 1.165) is 18.1 Å². The lowest BCUT2D eigenvalue weighted by Crippen LogP contribution is -2.24. The molecule has 0 saturated carbocycles. The van der Waals surface area contributed by atoms with Crippen LogP contribution < -0.4 is 4.74 Å². The minimum Gasteiger partial charge on any atom is -0.491 e. The Bertz CT molecular complexity index is 1040. The number of aliphatic hydroxyl groups is 1. The van der Waals surface area contributed by atoms with E-state index in [0.29, 0.717) is 5.75 Å². The number of carbonyl (C=O) groups excluding carboxylic acids is 1. The summed E-state index contributed by atoms with van der Waals surface area (Å²) in [7, 11) is 0. The van der Waals surface area contributed by atoms with Crippen LogP contribution in [0.15, 0.2) is 79.4 Å². The summed E-state index contributed by atoms with van der Waals surface area (Å²) in [5, 5.41) is 9.84. The van der Waals surface area contributed by atoms with Crippen molar-refractivity contribution in [2.45, 2.75) is 12.5 Å². The van der Waals surface area contributed by atoms with Crippen LogP contribution in [-0.2, 0) is 16.0 Å². The fourth-order valence-electron chi connectivity index (χ4n) is 3.64. The third-order valence-corrected chi connectivity index (χ3v) is 5.04. The van der Waals surface area contributed by atoms with Gasteiger partial charge >= 0.3 is 5.97 Å². The second-order valence-corrected chi connectivity index (χ2v) is 6.99. The lowest BCUT2D eigenvalue weighted by molar-refractivity contribution is -0.141. The van der Waals surface area contributed by atoms with Crippen molar-refractivity contribution in [3.63, 3.8) is 0 Å². The standard InChI is InChI=1S/C25H22O4/c1-2-25(27)29-16-19(26)15-28-20-12-10-17(11-13-20)21-8-5-9-23-22-7-4-3-6-18(22)14-24(21)23/h2-13,19,26H,1,14-16H2. The van der Waals surface area contributed by atoms with Gasteiger partial charge in [-0.15, -0.1) is 0 Å². The first-order chi connectivity index (χ1) is 14.2. The largest absolute Gasteiger partial charge is 0.491 e. The van der Waals surface area contributed by atoms with Gasteiger partial charge in [0.2, 0.25) is 0 Å². The average molecular weight is 386 g/mol. The van der Waals surface area contributed by atoms with Gasteiger partial charge in [-0.05, 0) is 51.9 Å². The lowest BCUT2D eigenvalue weighted by Gasteiger charge is -2.13. The molecule has 29 heavy (non-hydrogen) atoms. The summed E-state index contributed by atoms with van der Waals surface area (Å²) in [6.07, 6.45) is 1.11. The van der Waals surface area contributed by atoms with E-state index in [4.69, 9.17) is 9.47 Å². The summed E-state index contributed by atoms with van der Waals surface area (Å²) < 4.78 is 10.4. The molecule has 0 amide bonds. The van der Waals surface area contributed by atoms with Crippen LogP contribution in [-0.4, -0.2) is 30.4 Å². The van der Waals surface area contributed by atoms with E-state index in [-0.39, 0.29) is 13.2 Å². The van der Waals surface area contributed by atoms with Crippen molar-refractivity contribution < 1.29 is 19.4 Å². The predicted octanol–water partition coefficient (Wildman–Crippen LogP) is 4.39. The maximum Gasteiger partial charge on any atom is 0.330 e. The molecule has 4 nitrogen and oxygen atoms in total. The molecule has 4 rings (SSSR count). The van der Waals surface area contributed by atoms with Gasteiger partial charge in [0.05, 0.1) is 0 Å². The summed E-state index contributed by atoms with van der Waals surface area (Å²) in [4.78, 5) is 11.0. The number of esters is 1. The third kappa shape index (κ3) is 4.08. The Kier molecular flexibility index (Phi) is 5.45. The average Bonchev–Trinajstić information content (AvgIpc) is 3.15. The normalized spacial score (nSPS) is 12.6. The van der Waals surface area contributed by atoms with Gasteiger partial charge in [0.25, 0.3) is 0 Å². The van der Waals surface area contributed by atoms with Gasteiger partial charge in [0.15, 0.2) is 0 Å². The fourth-order valence-corrected chi connectivity index (χ4v) is 3.64. The molecule has 1 N–H and O–H groups in total. The number of fused-ring (bicyclic) bond motifs is 3. The summed E-state index contributed by atoms with van der Waals surface area (Å²) >= 11 is 0. The molecule has 0 saturated heterocycles. The highest BCUT2D eigenvalue weighted by Gasteiger charge is 2.20. The zero-order valence-corrected chi connectivity index (χ0v) is 16.0. The van der Waals surface area contributed by atoms with E-state index in [1.165, 1.54) is 27.8 Å². The Hall–Kier alpha value is -3.37. The van der Waals surface area contributed by atoms with Crippen LogP contribution in [0, 0.1) is 0 Å². The van der Waals surface area contributed by atoms with Crippen molar-refractivity contribution in [3.8, 4) is 28.0 Å². The molecule has 0 aliphatic heterocycles. The summed E-state index contributed by atoms with van der Waals surface area (Å²) in [6.45, 7) is 3.23. The fraction of sp³-hybridized carbons (Fsp3) is 0.160. The summed E-state index contributed by atoms with van der Waals surface area (Å²) in [6, 6.07) is 22.8. The Balaban J connectivity index is 1.44. The Morgan fingerprint density at radius 2 is 1.69 bits per heavy atom.